The van der Waals surface area contributed by atoms with E-state index in [1.807, 2.05) is 16.7 Å². The van der Waals surface area contributed by atoms with Gasteiger partial charge in [-0.3, -0.25) is 0 Å². The third kappa shape index (κ3) is 2.30. The molecule has 0 aromatic rings. The summed E-state index contributed by atoms with van der Waals surface area (Å²) in [4.78, 5) is 13.6. The zero-order valence-corrected chi connectivity index (χ0v) is 8.77. The summed E-state index contributed by atoms with van der Waals surface area (Å²) in [5.74, 6) is 2.17. The predicted octanol–water partition coefficient (Wildman–Crippen LogP) is 1.30. The third-order valence-electron chi connectivity index (χ3n) is 2.53. The van der Waals surface area contributed by atoms with Crippen molar-refractivity contribution in [1.82, 2.24) is 10.2 Å². The van der Waals surface area contributed by atoms with Gasteiger partial charge in [0.25, 0.3) is 0 Å². The highest BCUT2D eigenvalue weighted by molar-refractivity contribution is 7.99. The number of hydrogen-bond donors (Lipinski definition) is 1. The van der Waals surface area contributed by atoms with Gasteiger partial charge in [0.05, 0.1) is 0 Å². The summed E-state index contributed by atoms with van der Waals surface area (Å²) in [6, 6.07) is 1.03. The fourth-order valence-electron chi connectivity index (χ4n) is 1.51. The lowest BCUT2D eigenvalue weighted by molar-refractivity contribution is 0.186. The van der Waals surface area contributed by atoms with Crippen LogP contribution in [0.3, 0.4) is 0 Å². The Morgan fingerprint density at radius 1 is 1.54 bits per heavy atom. The van der Waals surface area contributed by atoms with Crippen molar-refractivity contribution in [2.24, 2.45) is 0 Å². The molecule has 1 atom stereocenters. The first-order chi connectivity index (χ1) is 6.27. The van der Waals surface area contributed by atoms with Crippen LogP contribution in [0.15, 0.2) is 0 Å². The molecule has 0 aromatic heterocycles. The van der Waals surface area contributed by atoms with Crippen LogP contribution in [0, 0.1) is 0 Å². The molecule has 4 heteroatoms. The Balaban J connectivity index is 1.85. The molecule has 2 aliphatic rings. The summed E-state index contributed by atoms with van der Waals surface area (Å²) in [6.07, 6.45) is 2.34. The molecule has 2 amide bonds. The molecule has 2 fully saturated rings. The maximum Gasteiger partial charge on any atom is 0.317 e. The van der Waals surface area contributed by atoms with Crippen LogP contribution in [0.25, 0.3) is 0 Å². The lowest BCUT2D eigenvalue weighted by Crippen LogP contribution is -2.49. The highest BCUT2D eigenvalue weighted by Gasteiger charge is 2.29. The van der Waals surface area contributed by atoms with Crippen LogP contribution in [0.5, 0.6) is 0 Å². The van der Waals surface area contributed by atoms with Gasteiger partial charge in [0.15, 0.2) is 0 Å². The van der Waals surface area contributed by atoms with E-state index in [1.165, 1.54) is 12.8 Å². The number of rotatable bonds is 1. The summed E-state index contributed by atoms with van der Waals surface area (Å²) in [6.45, 7) is 3.03. The van der Waals surface area contributed by atoms with Crippen molar-refractivity contribution in [1.29, 1.82) is 0 Å². The summed E-state index contributed by atoms with van der Waals surface area (Å²) in [5.41, 5.74) is 0. The average molecular weight is 200 g/mol. The fourth-order valence-corrected chi connectivity index (χ4v) is 2.53. The van der Waals surface area contributed by atoms with Gasteiger partial charge in [-0.1, -0.05) is 0 Å². The zero-order chi connectivity index (χ0) is 9.26. The highest BCUT2D eigenvalue weighted by Crippen LogP contribution is 2.21. The lowest BCUT2D eigenvalue weighted by Gasteiger charge is -2.33. The summed E-state index contributed by atoms with van der Waals surface area (Å²) >= 11 is 1.94. The summed E-state index contributed by atoms with van der Waals surface area (Å²) in [5, 5.41) is 3.03. The van der Waals surface area contributed by atoms with Gasteiger partial charge < -0.3 is 10.2 Å². The minimum atomic E-state index is 0.148. The van der Waals surface area contributed by atoms with E-state index in [1.54, 1.807) is 0 Å². The second kappa shape index (κ2) is 3.78. The second-order valence-corrected chi connectivity index (χ2v) is 4.99. The molecule has 2 rings (SSSR count). The smallest absolute Gasteiger partial charge is 0.317 e. The Kier molecular flexibility index (Phi) is 2.67. The van der Waals surface area contributed by atoms with Crippen LogP contribution in [0.2, 0.25) is 0 Å². The molecule has 0 aromatic carbocycles. The van der Waals surface area contributed by atoms with Crippen LogP contribution in [0.1, 0.15) is 19.8 Å². The molecular formula is C9H16N2OS. The van der Waals surface area contributed by atoms with Crippen molar-refractivity contribution >= 4 is 17.8 Å². The summed E-state index contributed by atoms with van der Waals surface area (Å²) in [7, 11) is 0. The average Bonchev–Trinajstić information content (AvgIpc) is 2.89. The van der Waals surface area contributed by atoms with E-state index in [-0.39, 0.29) is 6.03 Å². The number of nitrogens with one attached hydrogen (secondary N) is 1. The largest absolute Gasteiger partial charge is 0.335 e. The van der Waals surface area contributed by atoms with Gasteiger partial charge in [-0.25, -0.2) is 4.79 Å². The number of amides is 2. The first-order valence-corrected chi connectivity index (χ1v) is 6.07. The molecule has 1 N–H and O–H groups in total. The van der Waals surface area contributed by atoms with Gasteiger partial charge in [0.1, 0.15) is 0 Å². The van der Waals surface area contributed by atoms with Gasteiger partial charge in [0.2, 0.25) is 0 Å². The maximum atomic E-state index is 11.7. The van der Waals surface area contributed by atoms with Crippen molar-refractivity contribution in [3.8, 4) is 0 Å². The minimum absolute atomic E-state index is 0.148. The standard InChI is InChI=1S/C9H16N2OS/c1-7-6-13-5-4-11(7)9(12)10-8-2-3-8/h7-8H,2-6H2,1H3,(H,10,12). The molecule has 13 heavy (non-hydrogen) atoms. The summed E-state index contributed by atoms with van der Waals surface area (Å²) < 4.78 is 0. The predicted molar refractivity (Wildman–Crippen MR) is 55.0 cm³/mol. The topological polar surface area (TPSA) is 32.3 Å². The Morgan fingerprint density at radius 3 is 2.92 bits per heavy atom. The van der Waals surface area contributed by atoms with E-state index >= 15 is 0 Å². The molecule has 74 valence electrons. The van der Waals surface area contributed by atoms with Crippen molar-refractivity contribution in [2.45, 2.75) is 31.8 Å². The van der Waals surface area contributed by atoms with E-state index in [9.17, 15) is 4.79 Å². The molecule has 0 bridgehead atoms. The van der Waals surface area contributed by atoms with Gasteiger partial charge in [0, 0.05) is 30.1 Å². The Labute approximate surface area is 83.2 Å². The molecule has 3 nitrogen and oxygen atoms in total. The maximum absolute atomic E-state index is 11.7. The van der Waals surface area contributed by atoms with Crippen molar-refractivity contribution in [2.75, 3.05) is 18.1 Å². The van der Waals surface area contributed by atoms with E-state index in [0.29, 0.717) is 12.1 Å². The molecule has 1 unspecified atom stereocenters. The van der Waals surface area contributed by atoms with E-state index in [2.05, 4.69) is 12.2 Å². The molecule has 1 saturated heterocycles. The van der Waals surface area contributed by atoms with Gasteiger partial charge in [-0.15, -0.1) is 0 Å². The van der Waals surface area contributed by atoms with E-state index < -0.39 is 0 Å². The number of carbonyl (C=O) groups is 1. The monoisotopic (exact) mass is 200 g/mol. The Morgan fingerprint density at radius 2 is 2.31 bits per heavy atom. The number of nitrogens with zero attached hydrogens (tertiary/aromatic N) is 1. The van der Waals surface area contributed by atoms with Crippen LogP contribution in [-0.4, -0.2) is 41.1 Å². The number of urea groups is 1. The van der Waals surface area contributed by atoms with Crippen LogP contribution in [-0.2, 0) is 0 Å². The van der Waals surface area contributed by atoms with E-state index in [4.69, 9.17) is 0 Å². The minimum Gasteiger partial charge on any atom is -0.335 e. The number of carbonyl (C=O) groups excluding carboxylic acids is 1. The number of hydrogen-bond acceptors (Lipinski definition) is 2. The highest BCUT2D eigenvalue weighted by atomic mass is 32.2. The Hall–Kier alpha value is -0.380. The number of thioether (sulfide) groups is 1. The van der Waals surface area contributed by atoms with Crippen LogP contribution in [0.4, 0.5) is 4.79 Å². The van der Waals surface area contributed by atoms with E-state index in [0.717, 1.165) is 18.1 Å². The molecule has 1 saturated carbocycles. The molecule has 1 aliphatic carbocycles. The van der Waals surface area contributed by atoms with Crippen LogP contribution >= 0.6 is 11.8 Å². The Bertz CT molecular complexity index is 206. The van der Waals surface area contributed by atoms with Gasteiger partial charge >= 0.3 is 6.03 Å². The van der Waals surface area contributed by atoms with Crippen LogP contribution < -0.4 is 5.32 Å². The zero-order valence-electron chi connectivity index (χ0n) is 7.95. The quantitative estimate of drug-likeness (QED) is 0.692. The third-order valence-corrected chi connectivity index (χ3v) is 3.72. The van der Waals surface area contributed by atoms with Crippen molar-refractivity contribution in [3.63, 3.8) is 0 Å². The van der Waals surface area contributed by atoms with Crippen molar-refractivity contribution in [3.05, 3.63) is 0 Å². The second-order valence-electron chi connectivity index (χ2n) is 3.84. The first-order valence-electron chi connectivity index (χ1n) is 4.92. The first kappa shape index (κ1) is 9.19. The van der Waals surface area contributed by atoms with Crippen molar-refractivity contribution < 1.29 is 4.79 Å². The normalized spacial score (nSPS) is 28.7. The molecule has 1 aliphatic heterocycles. The van der Waals surface area contributed by atoms with Gasteiger partial charge in [-0.2, -0.15) is 11.8 Å². The lowest BCUT2D eigenvalue weighted by atomic mass is 10.3. The SMILES string of the molecule is CC1CSCCN1C(=O)NC1CC1. The molecule has 0 spiro atoms. The fraction of sp³-hybridized carbons (Fsp3) is 0.889. The van der Waals surface area contributed by atoms with Gasteiger partial charge in [-0.05, 0) is 19.8 Å². The molecule has 0 radical (unpaired) electrons. The molecule has 1 heterocycles. The molecular weight excluding hydrogens is 184 g/mol.